The highest BCUT2D eigenvalue weighted by molar-refractivity contribution is 5.85. The minimum Gasteiger partial charge on any atom is -0.481 e. The molecular weight excluding hydrogens is 1690 g/mol. The van der Waals surface area contributed by atoms with E-state index in [0.29, 0.717) is 76.9 Å². The Labute approximate surface area is 744 Å². The monoisotopic (exact) mass is 1830 g/mol. The second kappa shape index (κ2) is 62.9. The molecule has 0 aromatic carbocycles. The number of unbranched alkanes of at least 4 members (excludes halogenated alkanes) is 7. The summed E-state index contributed by atoms with van der Waals surface area (Å²) in [6.07, 6.45) is -9.24. The van der Waals surface area contributed by atoms with Crippen LogP contribution in [0, 0.1) is 0 Å². The number of nitrogens with zero attached hydrogens (tertiary/aromatic N) is 1. The molecule has 3 aliphatic heterocycles. The van der Waals surface area contributed by atoms with Crippen LogP contribution in [0.25, 0.3) is 0 Å². The van der Waals surface area contributed by atoms with Gasteiger partial charge in [-0.3, -0.25) is 96.5 Å². The summed E-state index contributed by atoms with van der Waals surface area (Å²) in [7, 11) is 0. The number of amides is 9. The van der Waals surface area contributed by atoms with Crippen LogP contribution in [0.2, 0.25) is 0 Å². The Morgan fingerprint density at radius 3 is 1.01 bits per heavy atom. The molecule has 0 radical (unpaired) electrons. The standard InChI is InChI=1S/C83H135N11O34/c1-13-61-74(120-54(7)101)77(123-57(10)104)71(91-49(2)96)81(126-61)115-42-22-14-17-32-67(109)88-39-28-41-90-80(114)60(29-20-21-35-85-68(110)33-25-34-70(112)113)94(45-69(111)89-40-27-38-87-66(108)31-19-16-24-44-117-83-73(93-51(4)98)79(125-59(12)106)76(122-56(9)103)63(128-83)48-119-53(6)100)64(46-95)84-36-26-37-86-65(107)30-18-15-23-43-116-82-72(92-50(3)97)78(124-58(11)105)75(121-55(8)102)62(127-82)47-118-52(5)99/h46,60-64,71-79,81-84H,13-45,47-48H2,1-12H3,(H,85,110)(H,86,107)(H,87,108)(H,88,109)(H,89,111)(H,90,114)(H,91,96)(H,92,97)(H,93,98)(H,112,113). The molecule has 0 spiro atoms. The van der Waals surface area contributed by atoms with E-state index in [9.17, 15) is 91.1 Å². The second-order valence-corrected chi connectivity index (χ2v) is 30.9. The maximum atomic E-state index is 14.6. The van der Waals surface area contributed by atoms with E-state index in [2.05, 4.69) is 53.2 Å². The van der Waals surface area contributed by atoms with Crippen molar-refractivity contribution in [3.8, 4) is 0 Å². The fourth-order valence-corrected chi connectivity index (χ4v) is 14.1. The Bertz CT molecular complexity index is 3580. The largest absolute Gasteiger partial charge is 0.481 e. The summed E-state index contributed by atoms with van der Waals surface area (Å²) in [6, 6.07) is -4.57. The number of aliphatic carboxylic acids is 1. The third-order valence-electron chi connectivity index (χ3n) is 19.7. The van der Waals surface area contributed by atoms with Crippen molar-refractivity contribution in [1.29, 1.82) is 0 Å². The molecule has 0 aromatic rings. The van der Waals surface area contributed by atoms with Crippen molar-refractivity contribution >= 4 is 113 Å². The zero-order valence-electron chi connectivity index (χ0n) is 75.5. The third-order valence-corrected chi connectivity index (χ3v) is 19.7. The molecule has 0 bridgehead atoms. The molecule has 11 N–H and O–H groups in total. The van der Waals surface area contributed by atoms with Crippen molar-refractivity contribution in [1.82, 2.24) is 58.1 Å². The van der Waals surface area contributed by atoms with Gasteiger partial charge in [0.25, 0.3) is 0 Å². The number of hydrogen-bond donors (Lipinski definition) is 11. The smallest absolute Gasteiger partial charge is 0.303 e. The van der Waals surface area contributed by atoms with E-state index >= 15 is 0 Å². The Morgan fingerprint density at radius 2 is 0.672 bits per heavy atom. The van der Waals surface area contributed by atoms with E-state index in [-0.39, 0.29) is 160 Å². The molecule has 3 aliphatic rings. The Kier molecular flexibility index (Phi) is 55.0. The first kappa shape index (κ1) is 112. The molecule has 17 atom stereocenters. The average molecular weight is 1830 g/mol. The number of rotatable bonds is 63. The summed E-state index contributed by atoms with van der Waals surface area (Å²) < 4.78 is 79.6. The molecular formula is C83H135N11O34. The molecule has 0 saturated carbocycles. The van der Waals surface area contributed by atoms with E-state index in [4.69, 9.17) is 71.4 Å². The number of aldehydes is 1. The van der Waals surface area contributed by atoms with Gasteiger partial charge in [-0.15, -0.1) is 0 Å². The van der Waals surface area contributed by atoms with Crippen LogP contribution in [0.4, 0.5) is 0 Å². The number of hydrogen-bond acceptors (Lipinski definition) is 35. The second-order valence-electron chi connectivity index (χ2n) is 30.9. The van der Waals surface area contributed by atoms with Crippen LogP contribution < -0.4 is 53.2 Å². The van der Waals surface area contributed by atoms with Crippen molar-refractivity contribution in [3.63, 3.8) is 0 Å². The van der Waals surface area contributed by atoms with Gasteiger partial charge < -0.3 is 124 Å². The van der Waals surface area contributed by atoms with Crippen LogP contribution in [0.5, 0.6) is 0 Å². The summed E-state index contributed by atoms with van der Waals surface area (Å²) in [5.41, 5.74) is 0. The Morgan fingerprint density at radius 1 is 0.352 bits per heavy atom. The molecule has 0 aromatic heterocycles. The van der Waals surface area contributed by atoms with Crippen molar-refractivity contribution in [2.75, 3.05) is 85.4 Å². The van der Waals surface area contributed by atoms with Gasteiger partial charge in [0.2, 0.25) is 53.2 Å². The molecule has 726 valence electrons. The first-order chi connectivity index (χ1) is 60.8. The lowest BCUT2D eigenvalue weighted by Crippen LogP contribution is -2.66. The lowest BCUT2D eigenvalue weighted by Gasteiger charge is -2.45. The van der Waals surface area contributed by atoms with E-state index in [1.165, 1.54) is 39.5 Å². The molecule has 3 rings (SSSR count). The fourth-order valence-electron chi connectivity index (χ4n) is 14.1. The van der Waals surface area contributed by atoms with Gasteiger partial charge in [0.05, 0.1) is 12.6 Å². The summed E-state index contributed by atoms with van der Waals surface area (Å²) in [5, 5.41) is 37.0. The summed E-state index contributed by atoms with van der Waals surface area (Å²) in [4.78, 5) is 240. The van der Waals surface area contributed by atoms with Crippen LogP contribution in [0.3, 0.4) is 0 Å². The van der Waals surface area contributed by atoms with Gasteiger partial charge >= 0.3 is 53.7 Å². The quantitative estimate of drug-likeness (QED) is 0.0121. The molecule has 9 amide bonds. The topological polar surface area (TPSA) is 597 Å². The number of carboxylic acids is 1. The number of carbonyl (C=O) groups excluding carboxylic acids is 18. The van der Waals surface area contributed by atoms with Gasteiger partial charge in [-0.1, -0.05) is 26.2 Å². The zero-order chi connectivity index (χ0) is 95.2. The maximum absolute atomic E-state index is 14.6. The van der Waals surface area contributed by atoms with Crippen molar-refractivity contribution in [3.05, 3.63) is 0 Å². The van der Waals surface area contributed by atoms with Crippen LogP contribution >= 0.6 is 0 Å². The predicted molar refractivity (Wildman–Crippen MR) is 445 cm³/mol. The van der Waals surface area contributed by atoms with Crippen molar-refractivity contribution in [2.45, 2.75) is 328 Å². The molecule has 128 heavy (non-hydrogen) atoms. The summed E-state index contributed by atoms with van der Waals surface area (Å²) in [5.74, 6) is -10.9. The highest BCUT2D eigenvalue weighted by Crippen LogP contribution is 2.32. The number of nitrogens with one attached hydrogen (secondary N) is 10. The lowest BCUT2D eigenvalue weighted by atomic mass is 9.94. The van der Waals surface area contributed by atoms with E-state index in [0.717, 1.165) is 41.5 Å². The first-order valence-electron chi connectivity index (χ1n) is 43.5. The summed E-state index contributed by atoms with van der Waals surface area (Å²) >= 11 is 0. The number of carboxylic acid groups (broad SMARTS) is 1. The SMILES string of the molecule is CCC1OC(OCCCCCC(=O)NCCCNC(=O)C(CCCCNC(=O)CCCC(=O)O)N(CC(=O)NCCCNC(=O)CCCCCOC2OC(COC(C)=O)C(OC(C)=O)C(OC(C)=O)C2NC(C)=O)C(C=O)NCCCNC(=O)CCCCCOC2OC(COC(C)=O)C(OC(C)=O)C(OC(C)=O)C2NC(C)=O)C(NC(C)=O)C(OC(C)=O)C1OC(C)=O. The van der Waals surface area contributed by atoms with Crippen LogP contribution in [-0.2, 0) is 157 Å². The lowest BCUT2D eigenvalue weighted by molar-refractivity contribution is -0.277. The molecule has 45 heteroatoms. The van der Waals surface area contributed by atoms with E-state index in [1.54, 1.807) is 6.92 Å². The minimum atomic E-state index is -1.32. The normalized spacial score (nSPS) is 22.2. The first-order valence-corrected chi connectivity index (χ1v) is 43.5. The van der Waals surface area contributed by atoms with Gasteiger partial charge in [0, 0.05) is 167 Å². The summed E-state index contributed by atoms with van der Waals surface area (Å²) in [6.45, 7) is 14.0. The molecule has 3 heterocycles. The zero-order valence-corrected chi connectivity index (χ0v) is 75.5. The fraction of sp³-hybridized carbons (Fsp3) is 0.771. The van der Waals surface area contributed by atoms with E-state index < -0.39 is 207 Å². The molecule has 3 fully saturated rings. The predicted octanol–water partition coefficient (Wildman–Crippen LogP) is -0.390. The third kappa shape index (κ3) is 46.7. The van der Waals surface area contributed by atoms with Crippen LogP contribution in [-0.4, -0.2) is 313 Å². The number of carbonyl (C=O) groups is 19. The van der Waals surface area contributed by atoms with Gasteiger partial charge in [0.1, 0.15) is 55.8 Å². The number of ether oxygens (including phenoxy) is 14. The Balaban J connectivity index is 1.73. The van der Waals surface area contributed by atoms with Crippen molar-refractivity contribution < 1.29 is 163 Å². The van der Waals surface area contributed by atoms with Crippen molar-refractivity contribution in [2.24, 2.45) is 0 Å². The van der Waals surface area contributed by atoms with Gasteiger partial charge in [-0.05, 0) is 96.4 Å². The van der Waals surface area contributed by atoms with Crippen LogP contribution in [0.1, 0.15) is 224 Å². The van der Waals surface area contributed by atoms with Gasteiger partial charge in [-0.25, -0.2) is 0 Å². The maximum Gasteiger partial charge on any atom is 0.303 e. The minimum absolute atomic E-state index is 0.0164. The molecule has 17 unspecified atom stereocenters. The van der Waals surface area contributed by atoms with Gasteiger partial charge in [-0.2, -0.15) is 0 Å². The van der Waals surface area contributed by atoms with Gasteiger partial charge in [0.15, 0.2) is 61.8 Å². The van der Waals surface area contributed by atoms with Crippen LogP contribution in [0.15, 0.2) is 0 Å². The van der Waals surface area contributed by atoms with E-state index in [1.807, 2.05) is 0 Å². The highest BCUT2D eigenvalue weighted by Gasteiger charge is 2.54. The molecule has 0 aliphatic carbocycles. The number of esters is 8. The average Bonchev–Trinajstić information content (AvgIpc) is 0.794. The highest BCUT2D eigenvalue weighted by atomic mass is 16.7. The molecule has 3 saturated heterocycles. The Hall–Kier alpha value is -10.2. The molecule has 45 nitrogen and oxygen atoms in total.